The number of nitrogens with zero attached hydrogens (tertiary/aromatic N) is 2. The molecule has 0 fully saturated rings. The lowest BCUT2D eigenvalue weighted by molar-refractivity contribution is -0.121. The molecule has 0 unspecified atom stereocenters. The summed E-state index contributed by atoms with van der Waals surface area (Å²) >= 11 is 0. The van der Waals surface area contributed by atoms with Gasteiger partial charge < -0.3 is 10.6 Å². The zero-order valence-corrected chi connectivity index (χ0v) is 17.3. The van der Waals surface area contributed by atoms with Crippen LogP contribution in [0.5, 0.6) is 0 Å². The summed E-state index contributed by atoms with van der Waals surface area (Å²) in [4.78, 5) is 24.0. The predicted octanol–water partition coefficient (Wildman–Crippen LogP) is 3.33. The normalized spacial score (nSPS) is 10.9. The molecule has 154 valence electrons. The van der Waals surface area contributed by atoms with Gasteiger partial charge in [0.15, 0.2) is 0 Å². The first kappa shape index (κ1) is 21.0. The Labute approximate surface area is 176 Å². The summed E-state index contributed by atoms with van der Waals surface area (Å²) in [6.07, 6.45) is 3.48. The molecule has 1 aromatic heterocycles. The number of benzene rings is 2. The van der Waals surface area contributed by atoms with Crippen LogP contribution in [0.15, 0.2) is 66.7 Å². The highest BCUT2D eigenvalue weighted by Gasteiger charge is 2.10. The van der Waals surface area contributed by atoms with Crippen molar-refractivity contribution in [3.63, 3.8) is 0 Å². The van der Waals surface area contributed by atoms with Gasteiger partial charge in [-0.3, -0.25) is 9.59 Å². The number of hydrogen-bond acceptors (Lipinski definition) is 3. The minimum absolute atomic E-state index is 0.0982. The average molecular weight is 402 g/mol. The van der Waals surface area contributed by atoms with Crippen LogP contribution in [-0.4, -0.2) is 28.1 Å². The first-order chi connectivity index (χ1) is 14.5. The van der Waals surface area contributed by atoms with Crippen molar-refractivity contribution in [2.75, 3.05) is 6.54 Å². The van der Waals surface area contributed by atoms with Crippen molar-refractivity contribution in [3.05, 3.63) is 89.3 Å². The second kappa shape index (κ2) is 10.2. The Kier molecular flexibility index (Phi) is 7.16. The van der Waals surface area contributed by atoms with Crippen LogP contribution in [0.1, 0.15) is 28.9 Å². The summed E-state index contributed by atoms with van der Waals surface area (Å²) in [6.45, 7) is 4.66. The van der Waals surface area contributed by atoms with Crippen LogP contribution in [0.3, 0.4) is 0 Å². The molecule has 0 radical (unpaired) electrons. The van der Waals surface area contributed by atoms with Crippen molar-refractivity contribution in [3.8, 4) is 5.69 Å². The quantitative estimate of drug-likeness (QED) is 0.568. The molecule has 0 spiro atoms. The second-order valence-corrected chi connectivity index (χ2v) is 6.97. The molecule has 0 saturated heterocycles. The van der Waals surface area contributed by atoms with E-state index in [2.05, 4.69) is 15.7 Å². The molecule has 2 N–H and O–H groups in total. The van der Waals surface area contributed by atoms with Gasteiger partial charge in [-0.25, -0.2) is 4.68 Å². The zero-order chi connectivity index (χ0) is 21.3. The van der Waals surface area contributed by atoms with Crippen molar-refractivity contribution < 1.29 is 9.59 Å². The third-order valence-electron chi connectivity index (χ3n) is 4.73. The van der Waals surface area contributed by atoms with E-state index in [-0.39, 0.29) is 24.8 Å². The second-order valence-electron chi connectivity index (χ2n) is 6.97. The molecule has 0 saturated carbocycles. The summed E-state index contributed by atoms with van der Waals surface area (Å²) in [5.74, 6) is -0.337. The maximum Gasteiger partial charge on any atom is 0.244 e. The molecule has 3 rings (SSSR count). The summed E-state index contributed by atoms with van der Waals surface area (Å²) in [6, 6.07) is 19.6. The van der Waals surface area contributed by atoms with E-state index in [1.54, 1.807) is 6.08 Å². The fourth-order valence-electron chi connectivity index (χ4n) is 3.12. The van der Waals surface area contributed by atoms with E-state index < -0.39 is 0 Å². The van der Waals surface area contributed by atoms with Crippen LogP contribution >= 0.6 is 0 Å². The molecule has 30 heavy (non-hydrogen) atoms. The number of carbonyl (C=O) groups is 2. The van der Waals surface area contributed by atoms with Gasteiger partial charge in [0.2, 0.25) is 11.8 Å². The summed E-state index contributed by atoms with van der Waals surface area (Å²) in [5.41, 5.74) is 4.74. The van der Waals surface area contributed by atoms with Gasteiger partial charge in [0, 0.05) is 36.8 Å². The molecule has 0 aliphatic rings. The highest BCUT2D eigenvalue weighted by atomic mass is 16.2. The largest absolute Gasteiger partial charge is 0.352 e. The smallest absolute Gasteiger partial charge is 0.244 e. The fraction of sp³-hybridized carbons (Fsp3) is 0.208. The van der Waals surface area contributed by atoms with E-state index in [1.165, 1.54) is 6.08 Å². The number of hydrogen-bond donors (Lipinski definition) is 2. The molecular weight excluding hydrogens is 376 g/mol. The lowest BCUT2D eigenvalue weighted by Gasteiger charge is -2.06. The van der Waals surface area contributed by atoms with Gasteiger partial charge in [0.1, 0.15) is 0 Å². The monoisotopic (exact) mass is 402 g/mol. The highest BCUT2D eigenvalue weighted by molar-refractivity contribution is 5.92. The van der Waals surface area contributed by atoms with Gasteiger partial charge in [-0.2, -0.15) is 5.10 Å². The Morgan fingerprint density at radius 1 is 0.967 bits per heavy atom. The Morgan fingerprint density at radius 3 is 2.33 bits per heavy atom. The van der Waals surface area contributed by atoms with Crippen molar-refractivity contribution in [1.29, 1.82) is 0 Å². The van der Waals surface area contributed by atoms with Crippen LogP contribution in [0.4, 0.5) is 0 Å². The number of carbonyl (C=O) groups excluding carboxylic acids is 2. The Balaban J connectivity index is 1.48. The number of aryl methyl sites for hydroxylation is 1. The van der Waals surface area contributed by atoms with E-state index in [0.29, 0.717) is 6.54 Å². The van der Waals surface area contributed by atoms with E-state index >= 15 is 0 Å². The van der Waals surface area contributed by atoms with Crippen molar-refractivity contribution in [2.24, 2.45) is 0 Å². The van der Waals surface area contributed by atoms with Crippen LogP contribution in [-0.2, 0) is 16.1 Å². The molecule has 0 aliphatic carbocycles. The van der Waals surface area contributed by atoms with Gasteiger partial charge in [-0.1, -0.05) is 48.5 Å². The van der Waals surface area contributed by atoms with Crippen LogP contribution in [0.25, 0.3) is 11.8 Å². The predicted molar refractivity (Wildman–Crippen MR) is 118 cm³/mol. The standard InChI is InChI=1S/C24H26N4O2/c1-18-22(19(2)28(27-18)21-11-7-4-8-12-21)13-14-23(29)25-16-15-24(30)26-17-20-9-5-3-6-10-20/h3-14H,15-17H2,1-2H3,(H,25,29)(H,26,30)/b14-13+. The maximum atomic E-state index is 12.1. The lowest BCUT2D eigenvalue weighted by Crippen LogP contribution is -2.29. The van der Waals surface area contributed by atoms with Gasteiger partial charge in [-0.15, -0.1) is 0 Å². The molecular formula is C24H26N4O2. The molecule has 6 heteroatoms. The van der Waals surface area contributed by atoms with Gasteiger partial charge in [0.05, 0.1) is 11.4 Å². The molecule has 0 atom stereocenters. The molecule has 3 aromatic rings. The highest BCUT2D eigenvalue weighted by Crippen LogP contribution is 2.19. The first-order valence-electron chi connectivity index (χ1n) is 9.93. The van der Waals surface area contributed by atoms with E-state index in [0.717, 1.165) is 28.2 Å². The van der Waals surface area contributed by atoms with E-state index in [9.17, 15) is 9.59 Å². The molecule has 6 nitrogen and oxygen atoms in total. The van der Waals surface area contributed by atoms with E-state index in [4.69, 9.17) is 0 Å². The number of aromatic nitrogens is 2. The van der Waals surface area contributed by atoms with Crippen LogP contribution < -0.4 is 10.6 Å². The maximum absolute atomic E-state index is 12.1. The Bertz CT molecular complexity index is 1020. The Morgan fingerprint density at radius 2 is 1.63 bits per heavy atom. The van der Waals surface area contributed by atoms with Crippen LogP contribution in [0, 0.1) is 13.8 Å². The van der Waals surface area contributed by atoms with Crippen molar-refractivity contribution in [1.82, 2.24) is 20.4 Å². The molecule has 0 bridgehead atoms. The van der Waals surface area contributed by atoms with Gasteiger partial charge in [-0.05, 0) is 37.6 Å². The van der Waals surface area contributed by atoms with E-state index in [1.807, 2.05) is 79.2 Å². The minimum atomic E-state index is -0.239. The van der Waals surface area contributed by atoms with Crippen molar-refractivity contribution in [2.45, 2.75) is 26.8 Å². The SMILES string of the molecule is Cc1nn(-c2ccccc2)c(C)c1/C=C/C(=O)NCCC(=O)NCc1ccccc1. The number of para-hydroxylation sites is 1. The van der Waals surface area contributed by atoms with Crippen LogP contribution in [0.2, 0.25) is 0 Å². The number of amides is 2. The fourth-order valence-corrected chi connectivity index (χ4v) is 3.12. The van der Waals surface area contributed by atoms with Crippen molar-refractivity contribution >= 4 is 17.9 Å². The molecule has 2 aromatic carbocycles. The lowest BCUT2D eigenvalue weighted by atomic mass is 10.2. The third kappa shape index (κ3) is 5.67. The zero-order valence-electron chi connectivity index (χ0n) is 17.3. The van der Waals surface area contributed by atoms with Gasteiger partial charge in [0.25, 0.3) is 0 Å². The van der Waals surface area contributed by atoms with Gasteiger partial charge >= 0.3 is 0 Å². The summed E-state index contributed by atoms with van der Waals surface area (Å²) in [7, 11) is 0. The number of nitrogens with one attached hydrogen (secondary N) is 2. The summed E-state index contributed by atoms with van der Waals surface area (Å²) < 4.78 is 1.87. The minimum Gasteiger partial charge on any atom is -0.352 e. The average Bonchev–Trinajstić information content (AvgIpc) is 3.05. The molecule has 1 heterocycles. The Hall–Kier alpha value is -3.67. The molecule has 2 amide bonds. The summed E-state index contributed by atoms with van der Waals surface area (Å²) in [5, 5.41) is 10.2. The molecule has 0 aliphatic heterocycles. The first-order valence-corrected chi connectivity index (χ1v) is 9.93. The topological polar surface area (TPSA) is 76.0 Å². The third-order valence-corrected chi connectivity index (χ3v) is 4.73. The number of rotatable bonds is 8.